The number of methoxy groups -OCH3 is 1. The van der Waals surface area contributed by atoms with E-state index in [1.165, 1.54) is 0 Å². The van der Waals surface area contributed by atoms with Gasteiger partial charge < -0.3 is 19.9 Å². The molecule has 0 radical (unpaired) electrons. The number of rotatable bonds is 5. The van der Waals surface area contributed by atoms with Crippen LogP contribution in [0, 0.1) is 0 Å². The minimum atomic E-state index is -0.192. The summed E-state index contributed by atoms with van der Waals surface area (Å²) in [6.45, 7) is 1.44. The SMILES string of the molecule is COc1ccc(Cl)cc1NC(=O)N(C)CCN(C)C. The molecule has 0 fully saturated rings. The first-order valence-electron chi connectivity index (χ1n) is 5.94. The molecule has 0 atom stereocenters. The molecule has 106 valence electrons. The lowest BCUT2D eigenvalue weighted by Gasteiger charge is -2.20. The highest BCUT2D eigenvalue weighted by atomic mass is 35.5. The van der Waals surface area contributed by atoms with Crippen molar-refractivity contribution in [1.82, 2.24) is 9.80 Å². The van der Waals surface area contributed by atoms with Crippen LogP contribution in [0.2, 0.25) is 5.02 Å². The van der Waals surface area contributed by atoms with Gasteiger partial charge in [-0.05, 0) is 32.3 Å². The van der Waals surface area contributed by atoms with Gasteiger partial charge in [-0.3, -0.25) is 0 Å². The average Bonchev–Trinajstić information content (AvgIpc) is 2.36. The van der Waals surface area contributed by atoms with Gasteiger partial charge in [0.05, 0.1) is 12.8 Å². The summed E-state index contributed by atoms with van der Waals surface area (Å²) in [5, 5.41) is 3.33. The van der Waals surface area contributed by atoms with Crippen LogP contribution in [0.25, 0.3) is 0 Å². The van der Waals surface area contributed by atoms with E-state index in [2.05, 4.69) is 5.32 Å². The molecule has 0 unspecified atom stereocenters. The van der Waals surface area contributed by atoms with Crippen LogP contribution in [0.15, 0.2) is 18.2 Å². The summed E-state index contributed by atoms with van der Waals surface area (Å²) < 4.78 is 5.18. The summed E-state index contributed by atoms with van der Waals surface area (Å²) in [5.74, 6) is 0.582. The lowest BCUT2D eigenvalue weighted by atomic mass is 10.3. The van der Waals surface area contributed by atoms with Crippen molar-refractivity contribution >= 4 is 23.3 Å². The minimum Gasteiger partial charge on any atom is -0.495 e. The predicted molar refractivity (Wildman–Crippen MR) is 78.2 cm³/mol. The fraction of sp³-hybridized carbons (Fsp3) is 0.462. The monoisotopic (exact) mass is 285 g/mol. The Hall–Kier alpha value is -1.46. The molecule has 1 N–H and O–H groups in total. The molecular weight excluding hydrogens is 266 g/mol. The lowest BCUT2D eigenvalue weighted by molar-refractivity contribution is 0.217. The van der Waals surface area contributed by atoms with E-state index in [1.807, 2.05) is 19.0 Å². The lowest BCUT2D eigenvalue weighted by Crippen LogP contribution is -2.36. The fourth-order valence-electron chi connectivity index (χ4n) is 1.44. The summed E-state index contributed by atoms with van der Waals surface area (Å²) in [6, 6.07) is 4.91. The third-order valence-electron chi connectivity index (χ3n) is 2.63. The van der Waals surface area contributed by atoms with Gasteiger partial charge in [0.1, 0.15) is 5.75 Å². The van der Waals surface area contributed by atoms with Crippen LogP contribution in [0.4, 0.5) is 10.5 Å². The van der Waals surface area contributed by atoms with Crippen molar-refractivity contribution in [2.24, 2.45) is 0 Å². The number of ether oxygens (including phenoxy) is 1. The van der Waals surface area contributed by atoms with Crippen LogP contribution in [-0.2, 0) is 0 Å². The molecule has 0 heterocycles. The van der Waals surface area contributed by atoms with Crippen molar-refractivity contribution in [3.8, 4) is 5.75 Å². The molecule has 0 spiro atoms. The molecule has 5 nitrogen and oxygen atoms in total. The van der Waals surface area contributed by atoms with Crippen molar-refractivity contribution in [2.75, 3.05) is 46.7 Å². The smallest absolute Gasteiger partial charge is 0.321 e. The van der Waals surface area contributed by atoms with Crippen molar-refractivity contribution in [3.63, 3.8) is 0 Å². The molecule has 0 aliphatic heterocycles. The van der Waals surface area contributed by atoms with Gasteiger partial charge in [-0.15, -0.1) is 0 Å². The Morgan fingerprint density at radius 2 is 2.00 bits per heavy atom. The molecule has 0 aliphatic rings. The van der Waals surface area contributed by atoms with Gasteiger partial charge in [0.25, 0.3) is 0 Å². The number of likely N-dealkylation sites (N-methyl/N-ethyl adjacent to an activating group) is 2. The van der Waals surface area contributed by atoms with Gasteiger partial charge >= 0.3 is 6.03 Å². The predicted octanol–water partition coefficient (Wildman–Crippen LogP) is 2.37. The third-order valence-corrected chi connectivity index (χ3v) is 2.87. The Balaban J connectivity index is 2.68. The van der Waals surface area contributed by atoms with Crippen molar-refractivity contribution in [2.45, 2.75) is 0 Å². The number of urea groups is 1. The maximum Gasteiger partial charge on any atom is 0.321 e. The summed E-state index contributed by atoms with van der Waals surface area (Å²) in [4.78, 5) is 15.6. The van der Waals surface area contributed by atoms with E-state index in [9.17, 15) is 4.79 Å². The molecule has 6 heteroatoms. The molecule has 1 aromatic carbocycles. The molecule has 0 aliphatic carbocycles. The number of nitrogens with zero attached hydrogens (tertiary/aromatic N) is 2. The van der Waals surface area contributed by atoms with Gasteiger partial charge in [-0.2, -0.15) is 0 Å². The Bertz CT molecular complexity index is 438. The highest BCUT2D eigenvalue weighted by molar-refractivity contribution is 6.31. The maximum atomic E-state index is 12.0. The van der Waals surface area contributed by atoms with E-state index >= 15 is 0 Å². The molecule has 0 bridgehead atoms. The summed E-state index contributed by atoms with van der Waals surface area (Å²) in [6.07, 6.45) is 0. The fourth-order valence-corrected chi connectivity index (χ4v) is 1.61. The van der Waals surface area contributed by atoms with Crippen LogP contribution in [-0.4, -0.2) is 57.2 Å². The second-order valence-electron chi connectivity index (χ2n) is 4.50. The van der Waals surface area contributed by atoms with Gasteiger partial charge in [-0.1, -0.05) is 11.6 Å². The van der Waals surface area contributed by atoms with Crippen LogP contribution < -0.4 is 10.1 Å². The molecular formula is C13H20ClN3O2. The minimum absolute atomic E-state index is 0.192. The van der Waals surface area contributed by atoms with Crippen molar-refractivity contribution in [1.29, 1.82) is 0 Å². The number of hydrogen-bond donors (Lipinski definition) is 1. The highest BCUT2D eigenvalue weighted by Crippen LogP contribution is 2.27. The number of hydrogen-bond acceptors (Lipinski definition) is 3. The van der Waals surface area contributed by atoms with E-state index in [0.717, 1.165) is 6.54 Å². The molecule has 0 saturated heterocycles. The summed E-state index contributed by atoms with van der Waals surface area (Å²) >= 11 is 5.91. The number of amides is 2. The zero-order valence-electron chi connectivity index (χ0n) is 11.7. The third kappa shape index (κ3) is 4.96. The number of carbonyl (C=O) groups is 1. The number of benzene rings is 1. The summed E-state index contributed by atoms with van der Waals surface area (Å²) in [5.41, 5.74) is 0.566. The van der Waals surface area contributed by atoms with E-state index in [1.54, 1.807) is 37.3 Å². The second-order valence-corrected chi connectivity index (χ2v) is 4.94. The molecule has 0 aromatic heterocycles. The Morgan fingerprint density at radius 1 is 1.32 bits per heavy atom. The second kappa shape index (κ2) is 7.21. The zero-order valence-corrected chi connectivity index (χ0v) is 12.5. The first-order chi connectivity index (χ1) is 8.93. The number of halogens is 1. The van der Waals surface area contributed by atoms with Crippen LogP contribution >= 0.6 is 11.6 Å². The normalized spacial score (nSPS) is 10.4. The van der Waals surface area contributed by atoms with E-state index in [0.29, 0.717) is 23.0 Å². The van der Waals surface area contributed by atoms with Gasteiger partial charge in [0.15, 0.2) is 0 Å². The zero-order chi connectivity index (χ0) is 14.4. The first-order valence-corrected chi connectivity index (χ1v) is 6.32. The highest BCUT2D eigenvalue weighted by Gasteiger charge is 2.12. The molecule has 1 rings (SSSR count). The number of carbonyl (C=O) groups excluding carboxylic acids is 1. The molecule has 19 heavy (non-hydrogen) atoms. The standard InChI is InChI=1S/C13H20ClN3O2/c1-16(2)7-8-17(3)13(18)15-11-9-10(14)5-6-12(11)19-4/h5-6,9H,7-8H2,1-4H3,(H,15,18). The van der Waals surface area contributed by atoms with Crippen LogP contribution in [0.1, 0.15) is 0 Å². The van der Waals surface area contributed by atoms with E-state index in [4.69, 9.17) is 16.3 Å². The molecule has 2 amide bonds. The number of anilines is 1. The average molecular weight is 286 g/mol. The molecule has 1 aromatic rings. The Kier molecular flexibility index (Phi) is 5.92. The summed E-state index contributed by atoms with van der Waals surface area (Å²) in [7, 11) is 7.22. The van der Waals surface area contributed by atoms with Gasteiger partial charge in [0, 0.05) is 25.2 Å². The topological polar surface area (TPSA) is 44.8 Å². The van der Waals surface area contributed by atoms with Crippen molar-refractivity contribution < 1.29 is 9.53 Å². The number of nitrogens with one attached hydrogen (secondary N) is 1. The Morgan fingerprint density at radius 3 is 2.58 bits per heavy atom. The quantitative estimate of drug-likeness (QED) is 0.903. The van der Waals surface area contributed by atoms with Gasteiger partial charge in [-0.25, -0.2) is 4.79 Å². The largest absolute Gasteiger partial charge is 0.495 e. The maximum absolute atomic E-state index is 12.0. The van der Waals surface area contributed by atoms with E-state index < -0.39 is 0 Å². The van der Waals surface area contributed by atoms with Crippen molar-refractivity contribution in [3.05, 3.63) is 23.2 Å². The first kappa shape index (κ1) is 15.6. The Labute approximate surface area is 119 Å². The van der Waals surface area contributed by atoms with Gasteiger partial charge in [0.2, 0.25) is 0 Å². The van der Waals surface area contributed by atoms with E-state index in [-0.39, 0.29) is 6.03 Å². The van der Waals surface area contributed by atoms with Crippen LogP contribution in [0.5, 0.6) is 5.75 Å². The van der Waals surface area contributed by atoms with Crippen LogP contribution in [0.3, 0.4) is 0 Å². The molecule has 0 saturated carbocycles.